The molecule has 1 aromatic heterocycles. The van der Waals surface area contributed by atoms with E-state index in [1.54, 1.807) is 13.3 Å². The number of aliphatic hydroxyl groups is 1. The number of methoxy groups -OCH3 is 1. The van der Waals surface area contributed by atoms with Gasteiger partial charge in [-0.3, -0.25) is 9.98 Å². The van der Waals surface area contributed by atoms with E-state index in [1.807, 2.05) is 18.2 Å². The van der Waals surface area contributed by atoms with Crippen molar-refractivity contribution in [2.45, 2.75) is 6.42 Å². The molecule has 20 heavy (non-hydrogen) atoms. The maximum absolute atomic E-state index is 9.34. The summed E-state index contributed by atoms with van der Waals surface area (Å²) < 4.78 is 4.90. The van der Waals surface area contributed by atoms with Crippen LogP contribution in [0.25, 0.3) is 0 Å². The van der Waals surface area contributed by atoms with Gasteiger partial charge in [0, 0.05) is 44.6 Å². The lowest BCUT2D eigenvalue weighted by Gasteiger charge is -2.12. The summed E-state index contributed by atoms with van der Waals surface area (Å²) in [5, 5.41) is 12.3. The summed E-state index contributed by atoms with van der Waals surface area (Å²) in [6.45, 7) is 1.73. The van der Waals surface area contributed by atoms with E-state index in [0.29, 0.717) is 32.1 Å². The fourth-order valence-electron chi connectivity index (χ4n) is 1.57. The lowest BCUT2D eigenvalue weighted by atomic mass is 10.0. The molecule has 4 N–H and O–H groups in total. The van der Waals surface area contributed by atoms with Crippen LogP contribution in [0.3, 0.4) is 0 Å². The van der Waals surface area contributed by atoms with Crippen molar-refractivity contribution < 1.29 is 9.84 Å². The number of pyridine rings is 1. The molecule has 0 saturated heterocycles. The molecular weight excluding hydrogens is 371 g/mol. The maximum atomic E-state index is 9.34. The molecule has 0 amide bonds. The molecule has 0 radical (unpaired) electrons. The highest BCUT2D eigenvalue weighted by molar-refractivity contribution is 14.0. The average molecular weight is 394 g/mol. The molecule has 1 unspecified atom stereocenters. The highest BCUT2D eigenvalue weighted by atomic mass is 127. The van der Waals surface area contributed by atoms with E-state index in [0.717, 1.165) is 5.69 Å². The molecule has 0 fully saturated rings. The summed E-state index contributed by atoms with van der Waals surface area (Å²) in [6.07, 6.45) is 2.43. The van der Waals surface area contributed by atoms with Crippen LogP contribution in [-0.2, 0) is 11.2 Å². The van der Waals surface area contributed by atoms with E-state index in [1.165, 1.54) is 0 Å². The van der Waals surface area contributed by atoms with Gasteiger partial charge in [0.15, 0.2) is 5.96 Å². The van der Waals surface area contributed by atoms with Gasteiger partial charge in [-0.1, -0.05) is 6.07 Å². The van der Waals surface area contributed by atoms with Crippen molar-refractivity contribution in [3.63, 3.8) is 0 Å². The Morgan fingerprint density at radius 2 is 2.35 bits per heavy atom. The van der Waals surface area contributed by atoms with E-state index >= 15 is 0 Å². The zero-order valence-electron chi connectivity index (χ0n) is 11.7. The van der Waals surface area contributed by atoms with Gasteiger partial charge in [0.05, 0.1) is 6.61 Å². The zero-order chi connectivity index (χ0) is 13.9. The van der Waals surface area contributed by atoms with E-state index < -0.39 is 0 Å². The molecule has 0 aliphatic carbocycles. The molecule has 0 aliphatic heterocycles. The van der Waals surface area contributed by atoms with Crippen LogP contribution in [0.5, 0.6) is 0 Å². The minimum atomic E-state index is 0. The second kappa shape index (κ2) is 11.9. The predicted octanol–water partition coefficient (Wildman–Crippen LogP) is 0.401. The third-order valence-corrected chi connectivity index (χ3v) is 2.61. The predicted molar refractivity (Wildman–Crippen MR) is 90.3 cm³/mol. The Kier molecular flexibility index (Phi) is 11.3. The second-order valence-corrected chi connectivity index (χ2v) is 4.22. The molecule has 1 atom stereocenters. The fraction of sp³-hybridized carbons (Fsp3) is 0.538. The van der Waals surface area contributed by atoms with E-state index in [-0.39, 0.29) is 36.5 Å². The van der Waals surface area contributed by atoms with Crippen LogP contribution in [0, 0.1) is 5.92 Å². The molecule has 1 aromatic rings. The molecule has 0 saturated carbocycles. The lowest BCUT2D eigenvalue weighted by molar-refractivity contribution is 0.203. The molecule has 0 aromatic carbocycles. The van der Waals surface area contributed by atoms with Gasteiger partial charge in [0.25, 0.3) is 0 Å². The SMILES string of the molecule is COCCNC(N)=NCC(CO)Cc1ccccn1.I. The number of aliphatic imine (C=N–C) groups is 1. The standard InChI is InChI=1S/C13H22N4O2.HI/c1-19-7-6-16-13(14)17-9-11(10-18)8-12-4-2-3-5-15-12;/h2-5,11,18H,6-10H2,1H3,(H3,14,16,17);1H. The monoisotopic (exact) mass is 394 g/mol. The number of halogens is 1. The van der Waals surface area contributed by atoms with Crippen LogP contribution >= 0.6 is 24.0 Å². The summed E-state index contributed by atoms with van der Waals surface area (Å²) in [6, 6.07) is 5.74. The summed E-state index contributed by atoms with van der Waals surface area (Å²) in [7, 11) is 1.63. The van der Waals surface area contributed by atoms with Crippen LogP contribution in [0.1, 0.15) is 5.69 Å². The number of aliphatic hydroxyl groups excluding tert-OH is 1. The van der Waals surface area contributed by atoms with Gasteiger partial charge in [-0.15, -0.1) is 24.0 Å². The van der Waals surface area contributed by atoms with Crippen molar-refractivity contribution in [1.82, 2.24) is 10.3 Å². The van der Waals surface area contributed by atoms with Crippen LogP contribution < -0.4 is 11.1 Å². The lowest BCUT2D eigenvalue weighted by Crippen LogP contribution is -2.34. The number of nitrogens with zero attached hydrogens (tertiary/aromatic N) is 2. The largest absolute Gasteiger partial charge is 0.396 e. The number of rotatable bonds is 8. The Balaban J connectivity index is 0.00000361. The minimum Gasteiger partial charge on any atom is -0.396 e. The number of ether oxygens (including phenoxy) is 1. The summed E-state index contributed by atoms with van der Waals surface area (Å²) in [5.41, 5.74) is 6.64. The summed E-state index contributed by atoms with van der Waals surface area (Å²) in [4.78, 5) is 8.43. The number of hydrogen-bond acceptors (Lipinski definition) is 4. The molecule has 0 aliphatic rings. The van der Waals surface area contributed by atoms with Crippen LogP contribution in [-0.4, -0.2) is 49.5 Å². The number of aromatic nitrogens is 1. The molecule has 6 nitrogen and oxygen atoms in total. The highest BCUT2D eigenvalue weighted by Gasteiger charge is 2.08. The Bertz CT molecular complexity index is 376. The van der Waals surface area contributed by atoms with Crippen molar-refractivity contribution in [1.29, 1.82) is 0 Å². The highest BCUT2D eigenvalue weighted by Crippen LogP contribution is 2.06. The van der Waals surface area contributed by atoms with Gasteiger partial charge in [-0.05, 0) is 18.6 Å². The first-order valence-electron chi connectivity index (χ1n) is 6.29. The molecular formula is C13H23IN4O2. The number of hydrogen-bond donors (Lipinski definition) is 3. The molecule has 1 rings (SSSR count). The van der Waals surface area contributed by atoms with Gasteiger partial charge >= 0.3 is 0 Å². The minimum absolute atomic E-state index is 0. The first-order valence-corrected chi connectivity index (χ1v) is 6.29. The zero-order valence-corrected chi connectivity index (χ0v) is 14.0. The maximum Gasteiger partial charge on any atom is 0.188 e. The molecule has 114 valence electrons. The van der Waals surface area contributed by atoms with Crippen LogP contribution in [0.15, 0.2) is 29.4 Å². The van der Waals surface area contributed by atoms with E-state index in [2.05, 4.69) is 15.3 Å². The number of nitrogens with one attached hydrogen (secondary N) is 1. The van der Waals surface area contributed by atoms with E-state index in [9.17, 15) is 5.11 Å². The van der Waals surface area contributed by atoms with Crippen molar-refractivity contribution >= 4 is 29.9 Å². The van der Waals surface area contributed by atoms with Crippen molar-refractivity contribution in [3.8, 4) is 0 Å². The third kappa shape index (κ3) is 8.28. The van der Waals surface area contributed by atoms with Crippen LogP contribution in [0.4, 0.5) is 0 Å². The van der Waals surface area contributed by atoms with Gasteiger partial charge in [-0.2, -0.15) is 0 Å². The van der Waals surface area contributed by atoms with E-state index in [4.69, 9.17) is 10.5 Å². The summed E-state index contributed by atoms with van der Waals surface area (Å²) in [5.74, 6) is 0.397. The van der Waals surface area contributed by atoms with Gasteiger partial charge in [0.2, 0.25) is 0 Å². The van der Waals surface area contributed by atoms with Crippen molar-refractivity contribution in [3.05, 3.63) is 30.1 Å². The number of guanidine groups is 1. The summed E-state index contributed by atoms with van der Waals surface area (Å²) >= 11 is 0. The Morgan fingerprint density at radius 1 is 1.55 bits per heavy atom. The fourth-order valence-corrected chi connectivity index (χ4v) is 1.57. The smallest absolute Gasteiger partial charge is 0.188 e. The van der Waals surface area contributed by atoms with Crippen LogP contribution in [0.2, 0.25) is 0 Å². The van der Waals surface area contributed by atoms with Gasteiger partial charge in [0.1, 0.15) is 0 Å². The third-order valence-electron chi connectivity index (χ3n) is 2.61. The second-order valence-electron chi connectivity index (χ2n) is 4.22. The Morgan fingerprint density at radius 3 is 2.95 bits per heavy atom. The van der Waals surface area contributed by atoms with Crippen molar-refractivity contribution in [2.24, 2.45) is 16.6 Å². The Labute approximate surface area is 136 Å². The van der Waals surface area contributed by atoms with Gasteiger partial charge in [-0.25, -0.2) is 0 Å². The first kappa shape index (κ1) is 19.1. The molecule has 0 spiro atoms. The topological polar surface area (TPSA) is 92.8 Å². The van der Waals surface area contributed by atoms with Gasteiger partial charge < -0.3 is 20.9 Å². The normalized spacial score (nSPS) is 12.6. The molecule has 7 heteroatoms. The Hall–Kier alpha value is -0.930. The average Bonchev–Trinajstić information content (AvgIpc) is 2.45. The molecule has 0 bridgehead atoms. The van der Waals surface area contributed by atoms with Crippen molar-refractivity contribution in [2.75, 3.05) is 33.4 Å². The quantitative estimate of drug-likeness (QED) is 0.257. The number of nitrogens with two attached hydrogens (primary N) is 1. The molecule has 1 heterocycles. The first-order chi connectivity index (χ1) is 9.26.